The predicted octanol–water partition coefficient (Wildman–Crippen LogP) is 4.22. The Morgan fingerprint density at radius 2 is 1.90 bits per heavy atom. The van der Waals surface area contributed by atoms with Gasteiger partial charge in [0.05, 0.1) is 4.90 Å². The smallest absolute Gasteiger partial charge is 0.254 e. The highest BCUT2D eigenvalue weighted by Gasteiger charge is 2.31. The van der Waals surface area contributed by atoms with Crippen LogP contribution >= 0.6 is 0 Å². The maximum atomic E-state index is 14.0. The van der Waals surface area contributed by atoms with E-state index in [1.54, 1.807) is 24.3 Å². The van der Waals surface area contributed by atoms with Crippen molar-refractivity contribution >= 4 is 15.9 Å². The maximum absolute atomic E-state index is 14.0. The molecule has 0 radical (unpaired) electrons. The highest BCUT2D eigenvalue weighted by atomic mass is 32.2. The molecule has 1 saturated heterocycles. The van der Waals surface area contributed by atoms with Gasteiger partial charge in [-0.1, -0.05) is 30.7 Å². The van der Waals surface area contributed by atoms with E-state index in [-0.39, 0.29) is 35.8 Å². The Morgan fingerprint density at radius 1 is 1.20 bits per heavy atom. The molecule has 160 valence electrons. The lowest BCUT2D eigenvalue weighted by Crippen LogP contribution is -2.41. The SMILES string of the molecule is C=CCN(Cc1ccccc1F)C(=O)c1ccc(S(=O)(=O)N2CCCCC2C)cc1. The molecule has 1 aliphatic heterocycles. The number of sulfonamides is 1. The van der Waals surface area contributed by atoms with Crippen LogP contribution in [0, 0.1) is 5.82 Å². The molecule has 5 nitrogen and oxygen atoms in total. The van der Waals surface area contributed by atoms with Crippen molar-refractivity contribution in [3.8, 4) is 0 Å². The van der Waals surface area contributed by atoms with Crippen LogP contribution in [0.1, 0.15) is 42.1 Å². The largest absolute Gasteiger partial charge is 0.331 e. The molecule has 1 heterocycles. The van der Waals surface area contributed by atoms with Crippen LogP contribution in [-0.4, -0.2) is 42.7 Å². The van der Waals surface area contributed by atoms with E-state index in [0.717, 1.165) is 19.3 Å². The Bertz CT molecular complexity index is 1010. The molecule has 1 atom stereocenters. The molecule has 1 unspecified atom stereocenters. The van der Waals surface area contributed by atoms with Crippen molar-refractivity contribution in [2.75, 3.05) is 13.1 Å². The Labute approximate surface area is 177 Å². The van der Waals surface area contributed by atoms with E-state index < -0.39 is 10.0 Å². The third-order valence-electron chi connectivity index (χ3n) is 5.41. The number of amides is 1. The summed E-state index contributed by atoms with van der Waals surface area (Å²) >= 11 is 0. The van der Waals surface area contributed by atoms with E-state index in [1.807, 2.05) is 6.92 Å². The van der Waals surface area contributed by atoms with Crippen LogP contribution in [0.2, 0.25) is 0 Å². The molecule has 0 saturated carbocycles. The molecule has 30 heavy (non-hydrogen) atoms. The van der Waals surface area contributed by atoms with Gasteiger partial charge in [-0.2, -0.15) is 4.31 Å². The van der Waals surface area contributed by atoms with Gasteiger partial charge in [-0.25, -0.2) is 12.8 Å². The van der Waals surface area contributed by atoms with E-state index in [1.165, 1.54) is 39.5 Å². The summed E-state index contributed by atoms with van der Waals surface area (Å²) in [5.41, 5.74) is 0.754. The molecule has 1 amide bonds. The summed E-state index contributed by atoms with van der Waals surface area (Å²) in [7, 11) is -3.60. The number of benzene rings is 2. The van der Waals surface area contributed by atoms with E-state index in [9.17, 15) is 17.6 Å². The number of hydrogen-bond donors (Lipinski definition) is 0. The van der Waals surface area contributed by atoms with Crippen LogP contribution in [0.25, 0.3) is 0 Å². The van der Waals surface area contributed by atoms with Crippen molar-refractivity contribution in [1.29, 1.82) is 0 Å². The minimum absolute atomic E-state index is 0.0334. The minimum Gasteiger partial charge on any atom is -0.331 e. The molecule has 2 aromatic carbocycles. The second-order valence-electron chi connectivity index (χ2n) is 7.55. The van der Waals surface area contributed by atoms with Crippen molar-refractivity contribution in [3.63, 3.8) is 0 Å². The first kappa shape index (κ1) is 22.2. The molecule has 1 fully saturated rings. The molecule has 0 bridgehead atoms. The van der Waals surface area contributed by atoms with E-state index in [4.69, 9.17) is 0 Å². The van der Waals surface area contributed by atoms with Gasteiger partial charge in [-0.15, -0.1) is 6.58 Å². The minimum atomic E-state index is -3.60. The monoisotopic (exact) mass is 430 g/mol. The molecular weight excluding hydrogens is 403 g/mol. The highest BCUT2D eigenvalue weighted by molar-refractivity contribution is 7.89. The Kier molecular flexibility index (Phi) is 7.05. The summed E-state index contributed by atoms with van der Waals surface area (Å²) in [5, 5.41) is 0. The molecule has 2 aromatic rings. The lowest BCUT2D eigenvalue weighted by Gasteiger charge is -2.32. The van der Waals surface area contributed by atoms with Gasteiger partial charge in [0.15, 0.2) is 0 Å². The normalized spacial score (nSPS) is 17.5. The fraction of sp³-hybridized carbons (Fsp3) is 0.348. The Morgan fingerprint density at radius 3 is 2.53 bits per heavy atom. The lowest BCUT2D eigenvalue weighted by molar-refractivity contribution is 0.0761. The number of rotatable bonds is 7. The van der Waals surface area contributed by atoms with E-state index in [0.29, 0.717) is 17.7 Å². The topological polar surface area (TPSA) is 57.7 Å². The van der Waals surface area contributed by atoms with E-state index in [2.05, 4.69) is 6.58 Å². The first-order chi connectivity index (χ1) is 14.3. The molecule has 0 spiro atoms. The lowest BCUT2D eigenvalue weighted by atomic mass is 10.1. The molecule has 1 aliphatic rings. The predicted molar refractivity (Wildman–Crippen MR) is 115 cm³/mol. The number of nitrogens with zero attached hydrogens (tertiary/aromatic N) is 2. The van der Waals surface area contributed by atoms with Crippen LogP contribution in [0.3, 0.4) is 0 Å². The standard InChI is InChI=1S/C23H27FN2O3S/c1-3-15-25(17-20-9-4-5-10-22(20)24)23(27)19-11-13-21(14-12-19)30(28,29)26-16-7-6-8-18(26)2/h3-5,9-14,18H,1,6-8,15-17H2,2H3. The zero-order valence-corrected chi connectivity index (χ0v) is 17.9. The van der Waals surface area contributed by atoms with Gasteiger partial charge in [-0.3, -0.25) is 4.79 Å². The van der Waals surface area contributed by atoms with Gasteiger partial charge in [0.2, 0.25) is 10.0 Å². The summed E-state index contributed by atoms with van der Waals surface area (Å²) in [4.78, 5) is 14.6. The Hall–Kier alpha value is -2.51. The van der Waals surface area contributed by atoms with Crippen molar-refractivity contribution < 1.29 is 17.6 Å². The summed E-state index contributed by atoms with van der Waals surface area (Å²) in [6.45, 7) is 6.46. The van der Waals surface area contributed by atoms with Crippen molar-refractivity contribution in [3.05, 3.63) is 78.1 Å². The maximum Gasteiger partial charge on any atom is 0.254 e. The quantitative estimate of drug-likeness (QED) is 0.618. The summed E-state index contributed by atoms with van der Waals surface area (Å²) in [6, 6.07) is 12.2. The molecule has 7 heteroatoms. The number of halogens is 1. The number of carbonyl (C=O) groups is 1. The zero-order valence-electron chi connectivity index (χ0n) is 17.1. The van der Waals surface area contributed by atoms with Crippen LogP contribution < -0.4 is 0 Å². The average Bonchev–Trinajstić information content (AvgIpc) is 2.74. The van der Waals surface area contributed by atoms with Gasteiger partial charge in [0, 0.05) is 36.8 Å². The van der Waals surface area contributed by atoms with Gasteiger partial charge in [0.25, 0.3) is 5.91 Å². The molecule has 0 N–H and O–H groups in total. The summed E-state index contributed by atoms with van der Waals surface area (Å²) in [5.74, 6) is -0.690. The molecule has 3 rings (SSSR count). The van der Waals surface area contributed by atoms with Gasteiger partial charge in [0.1, 0.15) is 5.82 Å². The number of hydrogen-bond acceptors (Lipinski definition) is 3. The van der Waals surface area contributed by atoms with Gasteiger partial charge in [-0.05, 0) is 50.1 Å². The summed E-state index contributed by atoms with van der Waals surface area (Å²) in [6.07, 6.45) is 4.31. The van der Waals surface area contributed by atoms with Gasteiger partial charge < -0.3 is 4.90 Å². The Balaban J connectivity index is 1.80. The third-order valence-corrected chi connectivity index (χ3v) is 7.43. The van der Waals surface area contributed by atoms with Crippen LogP contribution in [-0.2, 0) is 16.6 Å². The van der Waals surface area contributed by atoms with Crippen LogP contribution in [0.4, 0.5) is 4.39 Å². The highest BCUT2D eigenvalue weighted by Crippen LogP contribution is 2.25. The molecule has 0 aliphatic carbocycles. The average molecular weight is 431 g/mol. The fourth-order valence-corrected chi connectivity index (χ4v) is 5.42. The van der Waals surface area contributed by atoms with Crippen LogP contribution in [0.5, 0.6) is 0 Å². The molecule has 0 aromatic heterocycles. The van der Waals surface area contributed by atoms with Crippen molar-refractivity contribution in [2.45, 2.75) is 43.7 Å². The van der Waals surface area contributed by atoms with Crippen molar-refractivity contribution in [1.82, 2.24) is 9.21 Å². The van der Waals surface area contributed by atoms with Crippen LogP contribution in [0.15, 0.2) is 66.1 Å². The first-order valence-corrected chi connectivity index (χ1v) is 11.5. The van der Waals surface area contributed by atoms with Gasteiger partial charge >= 0.3 is 0 Å². The fourth-order valence-electron chi connectivity index (χ4n) is 3.72. The third kappa shape index (κ3) is 4.79. The number of carbonyl (C=O) groups excluding carboxylic acids is 1. The first-order valence-electron chi connectivity index (χ1n) is 10.1. The summed E-state index contributed by atoms with van der Waals surface area (Å²) < 4.78 is 41.5. The molecular formula is C23H27FN2O3S. The zero-order chi connectivity index (χ0) is 21.7. The van der Waals surface area contributed by atoms with E-state index >= 15 is 0 Å². The second-order valence-corrected chi connectivity index (χ2v) is 9.44. The van der Waals surface area contributed by atoms with Crippen molar-refractivity contribution in [2.24, 2.45) is 0 Å². The second kappa shape index (κ2) is 9.53. The number of piperidine rings is 1.